The van der Waals surface area contributed by atoms with Crippen LogP contribution < -0.4 is 5.32 Å². The van der Waals surface area contributed by atoms with Crippen molar-refractivity contribution in [2.45, 2.75) is 52.1 Å². The molecule has 0 bridgehead atoms. The van der Waals surface area contributed by atoms with Gasteiger partial charge in [0.05, 0.1) is 0 Å². The molecule has 0 aliphatic carbocycles. The summed E-state index contributed by atoms with van der Waals surface area (Å²) in [5, 5.41) is 3.30. The van der Waals surface area contributed by atoms with Crippen molar-refractivity contribution in [3.63, 3.8) is 0 Å². The molecule has 2 heteroatoms. The molecule has 0 radical (unpaired) electrons. The van der Waals surface area contributed by atoms with Crippen molar-refractivity contribution in [2.75, 3.05) is 20.1 Å². The Balaban J connectivity index is 2.06. The molecule has 2 nitrogen and oxygen atoms in total. The van der Waals surface area contributed by atoms with Gasteiger partial charge in [-0.3, -0.25) is 4.90 Å². The number of likely N-dealkylation sites (tertiary alicyclic amines) is 1. The fourth-order valence-electron chi connectivity index (χ4n) is 3.21. The summed E-state index contributed by atoms with van der Waals surface area (Å²) >= 11 is 0. The minimum absolute atomic E-state index is 0.764. The van der Waals surface area contributed by atoms with E-state index in [9.17, 15) is 0 Å². The van der Waals surface area contributed by atoms with Crippen LogP contribution in [0.2, 0.25) is 0 Å². The van der Waals surface area contributed by atoms with Crippen LogP contribution in [0.1, 0.15) is 42.4 Å². The largest absolute Gasteiger partial charge is 0.320 e. The lowest BCUT2D eigenvalue weighted by Gasteiger charge is -2.36. The van der Waals surface area contributed by atoms with E-state index in [0.717, 1.165) is 19.1 Å². The van der Waals surface area contributed by atoms with Crippen LogP contribution >= 0.6 is 0 Å². The van der Waals surface area contributed by atoms with Crippen molar-refractivity contribution in [3.8, 4) is 0 Å². The lowest BCUT2D eigenvalue weighted by atomic mass is 9.96. The van der Waals surface area contributed by atoms with Gasteiger partial charge in [0.1, 0.15) is 0 Å². The van der Waals surface area contributed by atoms with Crippen LogP contribution in [-0.2, 0) is 6.54 Å². The maximum atomic E-state index is 3.30. The first-order valence-corrected chi connectivity index (χ1v) is 7.66. The maximum absolute atomic E-state index is 3.30. The Hall–Kier alpha value is -0.860. The predicted octanol–water partition coefficient (Wildman–Crippen LogP) is 3.27. The van der Waals surface area contributed by atoms with E-state index in [2.05, 4.69) is 49.3 Å². The molecule has 0 aromatic heterocycles. The van der Waals surface area contributed by atoms with Gasteiger partial charge in [0.2, 0.25) is 0 Å². The van der Waals surface area contributed by atoms with Crippen molar-refractivity contribution in [1.29, 1.82) is 0 Å². The Morgan fingerprint density at radius 2 is 1.95 bits per heavy atom. The van der Waals surface area contributed by atoms with E-state index in [4.69, 9.17) is 0 Å². The molecule has 0 spiro atoms. The molecule has 1 aromatic rings. The predicted molar refractivity (Wildman–Crippen MR) is 82.5 cm³/mol. The minimum atomic E-state index is 0.764. The molecule has 0 amide bonds. The fourth-order valence-corrected chi connectivity index (χ4v) is 3.21. The van der Waals surface area contributed by atoms with Gasteiger partial charge in [0.25, 0.3) is 0 Å². The van der Waals surface area contributed by atoms with Crippen molar-refractivity contribution in [2.24, 2.45) is 0 Å². The van der Waals surface area contributed by atoms with Crippen molar-refractivity contribution >= 4 is 0 Å². The van der Waals surface area contributed by atoms with Crippen LogP contribution in [0.3, 0.4) is 0 Å². The zero-order chi connectivity index (χ0) is 13.7. The number of rotatable bonds is 5. The molecule has 0 saturated carbocycles. The van der Waals surface area contributed by atoms with Crippen LogP contribution in [0.5, 0.6) is 0 Å². The van der Waals surface area contributed by atoms with Crippen LogP contribution in [-0.4, -0.2) is 31.1 Å². The van der Waals surface area contributed by atoms with E-state index in [1.165, 1.54) is 43.4 Å². The Bertz CT molecular complexity index is 380. The van der Waals surface area contributed by atoms with Gasteiger partial charge in [-0.1, -0.05) is 24.6 Å². The third-order valence-electron chi connectivity index (χ3n) is 4.48. The average molecular weight is 260 g/mol. The lowest BCUT2D eigenvalue weighted by Crippen LogP contribution is -2.40. The number of nitrogens with one attached hydrogen (secondary N) is 1. The van der Waals surface area contributed by atoms with Crippen LogP contribution in [0.25, 0.3) is 0 Å². The molecule has 1 aromatic carbocycles. The monoisotopic (exact) mass is 260 g/mol. The molecule has 106 valence electrons. The van der Waals surface area contributed by atoms with Crippen molar-refractivity contribution in [1.82, 2.24) is 10.2 Å². The summed E-state index contributed by atoms with van der Waals surface area (Å²) in [4.78, 5) is 2.70. The van der Waals surface area contributed by atoms with Gasteiger partial charge in [0.15, 0.2) is 0 Å². The topological polar surface area (TPSA) is 15.3 Å². The highest BCUT2D eigenvalue weighted by Gasteiger charge is 2.22. The van der Waals surface area contributed by atoms with E-state index in [1.54, 1.807) is 5.56 Å². The van der Waals surface area contributed by atoms with Gasteiger partial charge in [-0.05, 0) is 69.9 Å². The molecule has 1 aliphatic heterocycles. The summed E-state index contributed by atoms with van der Waals surface area (Å²) in [5.74, 6) is 0. The Labute approximate surface area is 118 Å². The molecule has 1 unspecified atom stereocenters. The van der Waals surface area contributed by atoms with Crippen LogP contribution in [0.4, 0.5) is 0 Å². The Kier molecular flexibility index (Phi) is 5.41. The smallest absolute Gasteiger partial charge is 0.0241 e. The van der Waals surface area contributed by atoms with Crippen LogP contribution in [0, 0.1) is 13.8 Å². The first-order chi connectivity index (χ1) is 9.22. The number of hydrogen-bond donors (Lipinski definition) is 1. The quantitative estimate of drug-likeness (QED) is 0.874. The number of benzene rings is 1. The zero-order valence-corrected chi connectivity index (χ0v) is 12.7. The van der Waals surface area contributed by atoms with E-state index in [0.29, 0.717) is 0 Å². The normalized spacial score (nSPS) is 20.7. The zero-order valence-electron chi connectivity index (χ0n) is 12.7. The highest BCUT2D eigenvalue weighted by Crippen LogP contribution is 2.24. The molecule has 1 atom stereocenters. The van der Waals surface area contributed by atoms with Gasteiger partial charge >= 0.3 is 0 Å². The number of nitrogens with zero attached hydrogens (tertiary/aromatic N) is 1. The number of piperidine rings is 1. The van der Waals surface area contributed by atoms with E-state index >= 15 is 0 Å². The molecular weight excluding hydrogens is 232 g/mol. The van der Waals surface area contributed by atoms with Gasteiger partial charge < -0.3 is 5.32 Å². The number of aryl methyl sites for hydroxylation is 2. The summed E-state index contributed by atoms with van der Waals surface area (Å²) in [7, 11) is 2.05. The van der Waals surface area contributed by atoms with E-state index in [1.807, 2.05) is 0 Å². The summed E-state index contributed by atoms with van der Waals surface area (Å²) in [6.07, 6.45) is 5.41. The summed E-state index contributed by atoms with van der Waals surface area (Å²) < 4.78 is 0. The van der Waals surface area contributed by atoms with E-state index in [-0.39, 0.29) is 0 Å². The Morgan fingerprint density at radius 1 is 1.21 bits per heavy atom. The Morgan fingerprint density at radius 3 is 2.63 bits per heavy atom. The third kappa shape index (κ3) is 3.80. The number of hydrogen-bond acceptors (Lipinski definition) is 2. The van der Waals surface area contributed by atoms with Gasteiger partial charge in [-0.2, -0.15) is 0 Å². The molecule has 1 heterocycles. The minimum Gasteiger partial charge on any atom is -0.320 e. The van der Waals surface area contributed by atoms with E-state index < -0.39 is 0 Å². The molecule has 1 saturated heterocycles. The first-order valence-electron chi connectivity index (χ1n) is 7.66. The fraction of sp³-hybridized carbons (Fsp3) is 0.647. The van der Waals surface area contributed by atoms with Gasteiger partial charge in [-0.25, -0.2) is 0 Å². The second-order valence-electron chi connectivity index (χ2n) is 5.88. The first kappa shape index (κ1) is 14.5. The second-order valence-corrected chi connectivity index (χ2v) is 5.88. The second kappa shape index (κ2) is 7.06. The molecule has 1 fully saturated rings. The molecule has 1 aliphatic rings. The molecule has 1 N–H and O–H groups in total. The van der Waals surface area contributed by atoms with Crippen LogP contribution in [0.15, 0.2) is 18.2 Å². The molecular formula is C17H28N2. The summed E-state index contributed by atoms with van der Waals surface area (Å²) in [6.45, 7) is 8.02. The van der Waals surface area contributed by atoms with Gasteiger partial charge in [-0.15, -0.1) is 0 Å². The SMILES string of the molecule is CNCCC1CCCCN1Cc1c(C)cccc1C. The summed E-state index contributed by atoms with van der Waals surface area (Å²) in [5.41, 5.74) is 4.43. The van der Waals surface area contributed by atoms with Gasteiger partial charge in [0, 0.05) is 12.6 Å². The molecule has 2 rings (SSSR count). The van der Waals surface area contributed by atoms with Crippen molar-refractivity contribution < 1.29 is 0 Å². The summed E-state index contributed by atoms with van der Waals surface area (Å²) in [6, 6.07) is 7.42. The highest BCUT2D eigenvalue weighted by atomic mass is 15.2. The highest BCUT2D eigenvalue weighted by molar-refractivity contribution is 5.33. The lowest BCUT2D eigenvalue weighted by molar-refractivity contribution is 0.132. The maximum Gasteiger partial charge on any atom is 0.0241 e. The standard InChI is InChI=1S/C17H28N2/c1-14-7-6-8-15(2)17(14)13-19-12-5-4-9-16(19)10-11-18-3/h6-8,16,18H,4-5,9-13H2,1-3H3. The molecule has 19 heavy (non-hydrogen) atoms. The third-order valence-corrected chi connectivity index (χ3v) is 4.48. The van der Waals surface area contributed by atoms with Crippen molar-refractivity contribution in [3.05, 3.63) is 34.9 Å². The average Bonchev–Trinajstić information content (AvgIpc) is 2.42.